The second-order valence-electron chi connectivity index (χ2n) is 4.86. The van der Waals surface area contributed by atoms with E-state index in [1.54, 1.807) is 0 Å². The van der Waals surface area contributed by atoms with Crippen LogP contribution in [0, 0.1) is 0 Å². The molecule has 0 aliphatic rings. The Morgan fingerprint density at radius 3 is 2.06 bits per heavy atom. The topological polar surface area (TPSA) is 0 Å². The van der Waals surface area contributed by atoms with Crippen LogP contribution in [0.2, 0.25) is 0 Å². The average molecular weight is 234 g/mol. The van der Waals surface area contributed by atoms with Gasteiger partial charge in [0.1, 0.15) is 0 Å². The molecular formula is C17H30. The summed E-state index contributed by atoms with van der Waals surface area (Å²) in [5.74, 6) is 0. The van der Waals surface area contributed by atoms with Crippen molar-refractivity contribution in [3.8, 4) is 0 Å². The first-order valence-electron chi connectivity index (χ1n) is 7.26. The molecular weight excluding hydrogens is 204 g/mol. The zero-order chi connectivity index (χ0) is 12.8. The second-order valence-corrected chi connectivity index (χ2v) is 4.86. The van der Waals surface area contributed by atoms with Crippen molar-refractivity contribution in [2.24, 2.45) is 0 Å². The highest BCUT2D eigenvalue weighted by Gasteiger charge is 1.92. The van der Waals surface area contributed by atoms with Gasteiger partial charge >= 0.3 is 0 Å². The lowest BCUT2D eigenvalue weighted by atomic mass is 10.0. The molecule has 0 fully saturated rings. The largest absolute Gasteiger partial charge is 0.0991 e. The first kappa shape index (κ1) is 16.2. The van der Waals surface area contributed by atoms with Gasteiger partial charge in [-0.2, -0.15) is 0 Å². The van der Waals surface area contributed by atoms with Crippen LogP contribution < -0.4 is 0 Å². The third-order valence-corrected chi connectivity index (χ3v) is 3.05. The number of unbranched alkanes of at least 4 members (excludes halogenated alkanes) is 7. The van der Waals surface area contributed by atoms with Crippen LogP contribution in [0.1, 0.15) is 71.6 Å². The average Bonchev–Trinajstić information content (AvgIpc) is 2.33. The van der Waals surface area contributed by atoms with Crippen LogP contribution in [-0.4, -0.2) is 0 Å². The van der Waals surface area contributed by atoms with Gasteiger partial charge in [0.2, 0.25) is 0 Å². The van der Waals surface area contributed by atoms with E-state index in [2.05, 4.69) is 32.6 Å². The predicted octanol–water partition coefficient (Wildman–Crippen LogP) is 6.21. The molecule has 98 valence electrons. The first-order chi connectivity index (χ1) is 8.31. The molecule has 17 heavy (non-hydrogen) atoms. The quantitative estimate of drug-likeness (QED) is 0.295. The van der Waals surface area contributed by atoms with E-state index < -0.39 is 0 Å². The predicted molar refractivity (Wildman–Crippen MR) is 80.3 cm³/mol. The molecule has 0 saturated heterocycles. The van der Waals surface area contributed by atoms with Crippen LogP contribution >= 0.6 is 0 Å². The Labute approximate surface area is 109 Å². The smallest absolute Gasteiger partial charge is 0.0320 e. The fraction of sp³-hybridized carbons (Fsp3) is 0.647. The normalized spacial score (nSPS) is 12.2. The summed E-state index contributed by atoms with van der Waals surface area (Å²) < 4.78 is 0. The fourth-order valence-electron chi connectivity index (χ4n) is 1.92. The van der Waals surface area contributed by atoms with E-state index in [0.29, 0.717) is 0 Å². The van der Waals surface area contributed by atoms with Gasteiger partial charge in [-0.15, -0.1) is 0 Å². The van der Waals surface area contributed by atoms with Gasteiger partial charge in [0.05, 0.1) is 0 Å². The van der Waals surface area contributed by atoms with Gasteiger partial charge in [-0.05, 0) is 19.8 Å². The molecule has 0 amide bonds. The Morgan fingerprint density at radius 1 is 0.882 bits per heavy atom. The molecule has 0 bridgehead atoms. The Balaban J connectivity index is 3.30. The minimum atomic E-state index is 1.25. The van der Waals surface area contributed by atoms with Crippen LogP contribution in [0.4, 0.5) is 0 Å². The van der Waals surface area contributed by atoms with Gasteiger partial charge in [-0.25, -0.2) is 0 Å². The number of rotatable bonds is 11. The van der Waals surface area contributed by atoms with Crippen LogP contribution in [0.5, 0.6) is 0 Å². The highest BCUT2D eigenvalue weighted by atomic mass is 14.0. The monoisotopic (exact) mass is 234 g/mol. The highest BCUT2D eigenvalue weighted by Crippen LogP contribution is 2.12. The molecule has 0 aliphatic heterocycles. The lowest BCUT2D eigenvalue weighted by Crippen LogP contribution is -1.82. The molecule has 0 aliphatic carbocycles. The Morgan fingerprint density at radius 2 is 1.47 bits per heavy atom. The van der Waals surface area contributed by atoms with Crippen molar-refractivity contribution in [3.63, 3.8) is 0 Å². The lowest BCUT2D eigenvalue weighted by molar-refractivity contribution is 0.575. The fourth-order valence-corrected chi connectivity index (χ4v) is 1.92. The summed E-state index contributed by atoms with van der Waals surface area (Å²) in [6, 6.07) is 0. The molecule has 0 unspecified atom stereocenters. The van der Waals surface area contributed by atoms with E-state index in [1.165, 1.54) is 63.4 Å². The van der Waals surface area contributed by atoms with Crippen molar-refractivity contribution in [3.05, 3.63) is 36.5 Å². The van der Waals surface area contributed by atoms with Crippen LogP contribution in [0.25, 0.3) is 0 Å². The summed E-state index contributed by atoms with van der Waals surface area (Å²) in [4.78, 5) is 0. The number of allylic oxidation sites excluding steroid dienone is 5. The highest BCUT2D eigenvalue weighted by molar-refractivity contribution is 5.13. The summed E-state index contributed by atoms with van der Waals surface area (Å²) >= 11 is 0. The molecule has 0 aromatic carbocycles. The van der Waals surface area contributed by atoms with Gasteiger partial charge in [-0.3, -0.25) is 0 Å². The molecule has 0 aromatic heterocycles. The first-order valence-corrected chi connectivity index (χ1v) is 7.26. The van der Waals surface area contributed by atoms with E-state index in [1.807, 2.05) is 12.2 Å². The molecule has 0 spiro atoms. The minimum Gasteiger partial charge on any atom is -0.0991 e. The zero-order valence-corrected chi connectivity index (χ0v) is 11.9. The molecule has 0 heterocycles. The number of hydrogen-bond acceptors (Lipinski definition) is 0. The maximum atomic E-state index is 3.66. The van der Waals surface area contributed by atoms with Crippen molar-refractivity contribution in [2.45, 2.75) is 71.6 Å². The van der Waals surface area contributed by atoms with Crippen molar-refractivity contribution in [1.29, 1.82) is 0 Å². The van der Waals surface area contributed by atoms with Gasteiger partial charge in [0, 0.05) is 0 Å². The van der Waals surface area contributed by atoms with E-state index in [9.17, 15) is 0 Å². The molecule has 0 aromatic rings. The molecule has 0 saturated carbocycles. The summed E-state index contributed by atoms with van der Waals surface area (Å²) in [5.41, 5.74) is 1.48. The van der Waals surface area contributed by atoms with Crippen molar-refractivity contribution >= 4 is 0 Å². The molecule has 0 nitrogen and oxygen atoms in total. The second kappa shape index (κ2) is 13.3. The zero-order valence-electron chi connectivity index (χ0n) is 11.9. The van der Waals surface area contributed by atoms with Crippen LogP contribution in [0.15, 0.2) is 36.5 Å². The molecule has 0 rings (SSSR count). The third kappa shape index (κ3) is 13.2. The SMILES string of the molecule is C=C/C=C\C=C(/C)CCCCCCCCCC. The maximum Gasteiger partial charge on any atom is -0.0320 e. The summed E-state index contributed by atoms with van der Waals surface area (Å²) in [7, 11) is 0. The minimum absolute atomic E-state index is 1.25. The van der Waals surface area contributed by atoms with Gasteiger partial charge in [0.15, 0.2) is 0 Å². The van der Waals surface area contributed by atoms with Crippen LogP contribution in [0.3, 0.4) is 0 Å². The van der Waals surface area contributed by atoms with E-state index in [0.717, 1.165) is 0 Å². The lowest BCUT2D eigenvalue weighted by Gasteiger charge is -2.02. The molecule has 0 N–H and O–H groups in total. The van der Waals surface area contributed by atoms with E-state index in [-0.39, 0.29) is 0 Å². The van der Waals surface area contributed by atoms with E-state index >= 15 is 0 Å². The molecule has 0 heteroatoms. The molecule has 0 atom stereocenters. The van der Waals surface area contributed by atoms with Gasteiger partial charge in [0.25, 0.3) is 0 Å². The van der Waals surface area contributed by atoms with E-state index in [4.69, 9.17) is 0 Å². The summed E-state index contributed by atoms with van der Waals surface area (Å²) in [6.45, 7) is 8.15. The Bertz CT molecular complexity index is 220. The summed E-state index contributed by atoms with van der Waals surface area (Å²) in [6.07, 6.45) is 20.5. The Kier molecular flexibility index (Phi) is 12.7. The molecule has 0 radical (unpaired) electrons. The standard InChI is InChI=1S/C17H30/c1-4-6-8-9-10-11-12-14-16-17(3)15-13-7-5-2/h5,7,13,15H,2,4,6,8-12,14,16H2,1,3H3/b13-7-,17-15+. The number of hydrogen-bond donors (Lipinski definition) is 0. The van der Waals surface area contributed by atoms with Gasteiger partial charge < -0.3 is 0 Å². The van der Waals surface area contributed by atoms with Crippen molar-refractivity contribution in [2.75, 3.05) is 0 Å². The van der Waals surface area contributed by atoms with Gasteiger partial charge in [-0.1, -0.05) is 88.3 Å². The van der Waals surface area contributed by atoms with Crippen molar-refractivity contribution in [1.82, 2.24) is 0 Å². The maximum absolute atomic E-state index is 3.66. The summed E-state index contributed by atoms with van der Waals surface area (Å²) in [5, 5.41) is 0. The van der Waals surface area contributed by atoms with Crippen LogP contribution in [-0.2, 0) is 0 Å². The van der Waals surface area contributed by atoms with Crippen molar-refractivity contribution < 1.29 is 0 Å². The third-order valence-electron chi connectivity index (χ3n) is 3.05. The Hall–Kier alpha value is -0.780.